The Morgan fingerprint density at radius 2 is 1.81 bits per heavy atom. The molecule has 2 rings (SSSR count). The highest BCUT2D eigenvalue weighted by atomic mass is 19.4. The summed E-state index contributed by atoms with van der Waals surface area (Å²) in [5, 5.41) is 0. The van der Waals surface area contributed by atoms with Crippen LogP contribution in [-0.2, 0) is 0 Å². The van der Waals surface area contributed by atoms with Crippen molar-refractivity contribution in [2.24, 2.45) is 0 Å². The first-order valence-corrected chi connectivity index (χ1v) is 5.92. The van der Waals surface area contributed by atoms with Gasteiger partial charge in [0, 0.05) is 18.9 Å². The Labute approximate surface area is 118 Å². The third-order valence-electron chi connectivity index (χ3n) is 2.66. The van der Waals surface area contributed by atoms with Crippen LogP contribution in [0.5, 0.6) is 5.88 Å². The van der Waals surface area contributed by atoms with Crippen molar-refractivity contribution in [2.45, 2.75) is 6.36 Å². The van der Waals surface area contributed by atoms with Gasteiger partial charge in [0.2, 0.25) is 5.88 Å². The molecule has 4 nitrogen and oxygen atoms in total. The molecule has 1 aromatic carbocycles. The van der Waals surface area contributed by atoms with Crippen LogP contribution in [0.3, 0.4) is 0 Å². The van der Waals surface area contributed by atoms with Crippen molar-refractivity contribution in [1.29, 1.82) is 0 Å². The lowest BCUT2D eigenvalue weighted by molar-refractivity contribution is -0.276. The molecule has 21 heavy (non-hydrogen) atoms. The van der Waals surface area contributed by atoms with E-state index in [0.717, 1.165) is 6.20 Å². The molecule has 0 radical (unpaired) electrons. The molecule has 0 aliphatic rings. The molecule has 0 unspecified atom stereocenters. The second kappa shape index (κ2) is 5.82. The molecular weight excluding hydrogens is 285 g/mol. The van der Waals surface area contributed by atoms with E-state index in [4.69, 9.17) is 0 Å². The van der Waals surface area contributed by atoms with Crippen molar-refractivity contribution in [3.63, 3.8) is 0 Å². The number of carbonyl (C=O) groups excluding carboxylic acids is 1. The molecule has 2 aromatic rings. The van der Waals surface area contributed by atoms with Crippen LogP contribution in [0, 0.1) is 0 Å². The lowest BCUT2D eigenvalue weighted by atomic mass is 10.2. The molecule has 7 heteroatoms. The highest BCUT2D eigenvalue weighted by Crippen LogP contribution is 2.26. The molecule has 110 valence electrons. The van der Waals surface area contributed by atoms with Crippen LogP contribution in [0.4, 0.5) is 18.9 Å². The zero-order valence-corrected chi connectivity index (χ0v) is 11.0. The molecule has 0 fully saturated rings. The van der Waals surface area contributed by atoms with Gasteiger partial charge in [0.25, 0.3) is 5.91 Å². The first-order chi connectivity index (χ1) is 9.88. The van der Waals surface area contributed by atoms with E-state index in [1.165, 1.54) is 24.1 Å². The maximum absolute atomic E-state index is 12.3. The molecule has 0 N–H and O–H groups in total. The van der Waals surface area contributed by atoms with Gasteiger partial charge >= 0.3 is 6.36 Å². The number of hydrogen-bond acceptors (Lipinski definition) is 3. The lowest BCUT2D eigenvalue weighted by Crippen LogP contribution is -2.28. The van der Waals surface area contributed by atoms with Crippen LogP contribution in [0.2, 0.25) is 0 Å². The fraction of sp³-hybridized carbons (Fsp3) is 0.143. The normalized spacial score (nSPS) is 11.0. The van der Waals surface area contributed by atoms with Crippen LogP contribution in [-0.4, -0.2) is 24.3 Å². The fourth-order valence-electron chi connectivity index (χ4n) is 1.69. The monoisotopic (exact) mass is 296 g/mol. The SMILES string of the molecule is CN(C(=O)c1cccnc1OC(F)(F)F)c1ccccc1. The van der Waals surface area contributed by atoms with Gasteiger partial charge in [-0.3, -0.25) is 4.79 Å². The molecule has 0 bridgehead atoms. The number of pyridine rings is 1. The summed E-state index contributed by atoms with van der Waals surface area (Å²) >= 11 is 0. The Bertz CT molecular complexity index is 630. The predicted molar refractivity (Wildman–Crippen MR) is 70.1 cm³/mol. The summed E-state index contributed by atoms with van der Waals surface area (Å²) in [4.78, 5) is 17.0. The maximum atomic E-state index is 12.3. The van der Waals surface area contributed by atoms with E-state index in [0.29, 0.717) is 5.69 Å². The second-order valence-corrected chi connectivity index (χ2v) is 4.10. The number of anilines is 1. The Morgan fingerprint density at radius 3 is 2.43 bits per heavy atom. The lowest BCUT2D eigenvalue weighted by Gasteiger charge is -2.19. The molecule has 0 spiro atoms. The van der Waals surface area contributed by atoms with E-state index in [9.17, 15) is 18.0 Å². The number of rotatable bonds is 3. The number of amides is 1. The minimum absolute atomic E-state index is 0.263. The fourth-order valence-corrected chi connectivity index (χ4v) is 1.69. The Kier molecular flexibility index (Phi) is 4.11. The van der Waals surface area contributed by atoms with Gasteiger partial charge in [0.15, 0.2) is 0 Å². The first kappa shape index (κ1) is 14.8. The topological polar surface area (TPSA) is 42.4 Å². The zero-order valence-electron chi connectivity index (χ0n) is 11.0. The van der Waals surface area contributed by atoms with Crippen molar-refractivity contribution in [2.75, 3.05) is 11.9 Å². The number of benzene rings is 1. The van der Waals surface area contributed by atoms with Gasteiger partial charge in [0.05, 0.1) is 0 Å². The number of para-hydroxylation sites is 1. The van der Waals surface area contributed by atoms with E-state index >= 15 is 0 Å². The number of ether oxygens (including phenoxy) is 1. The standard InChI is InChI=1S/C14H11F3N2O2/c1-19(10-6-3-2-4-7-10)13(20)11-8-5-9-18-12(11)21-14(15,16)17/h2-9H,1H3. The van der Waals surface area contributed by atoms with Gasteiger partial charge in [-0.1, -0.05) is 18.2 Å². The average molecular weight is 296 g/mol. The number of halogens is 3. The van der Waals surface area contributed by atoms with Crippen LogP contribution >= 0.6 is 0 Å². The summed E-state index contributed by atoms with van der Waals surface area (Å²) in [6, 6.07) is 11.1. The Hall–Kier alpha value is -2.57. The maximum Gasteiger partial charge on any atom is 0.574 e. The van der Waals surface area contributed by atoms with Crippen LogP contribution in [0.15, 0.2) is 48.7 Å². The van der Waals surface area contributed by atoms with Crippen molar-refractivity contribution in [3.05, 3.63) is 54.2 Å². The van der Waals surface area contributed by atoms with Gasteiger partial charge < -0.3 is 9.64 Å². The third kappa shape index (κ3) is 3.71. The van der Waals surface area contributed by atoms with Crippen molar-refractivity contribution < 1.29 is 22.7 Å². The van der Waals surface area contributed by atoms with Crippen molar-refractivity contribution >= 4 is 11.6 Å². The molecule has 1 amide bonds. The molecule has 0 aliphatic heterocycles. The summed E-state index contributed by atoms with van der Waals surface area (Å²) in [5.41, 5.74) is 0.283. The molecule has 0 saturated carbocycles. The zero-order chi connectivity index (χ0) is 15.5. The van der Waals surface area contributed by atoms with Gasteiger partial charge in [0.1, 0.15) is 5.56 Å². The van der Waals surface area contributed by atoms with E-state index in [-0.39, 0.29) is 5.56 Å². The third-order valence-corrected chi connectivity index (χ3v) is 2.66. The van der Waals surface area contributed by atoms with Crippen molar-refractivity contribution in [1.82, 2.24) is 4.98 Å². The van der Waals surface area contributed by atoms with E-state index in [2.05, 4.69) is 9.72 Å². The molecule has 1 heterocycles. The summed E-state index contributed by atoms with van der Waals surface area (Å²) < 4.78 is 40.7. The van der Waals surface area contributed by atoms with E-state index in [1.807, 2.05) is 0 Å². The van der Waals surface area contributed by atoms with Gasteiger partial charge in [-0.25, -0.2) is 4.98 Å². The number of nitrogens with zero attached hydrogens (tertiary/aromatic N) is 2. The number of carbonyl (C=O) groups is 1. The summed E-state index contributed by atoms with van der Waals surface area (Å²) in [5.74, 6) is -1.41. The summed E-state index contributed by atoms with van der Waals surface area (Å²) in [6.07, 6.45) is -3.78. The molecule has 0 saturated heterocycles. The molecule has 1 aromatic heterocycles. The predicted octanol–water partition coefficient (Wildman–Crippen LogP) is 3.26. The van der Waals surface area contributed by atoms with Gasteiger partial charge in [-0.2, -0.15) is 0 Å². The summed E-state index contributed by atoms with van der Waals surface area (Å²) in [6.45, 7) is 0. The molecule has 0 aliphatic carbocycles. The van der Waals surface area contributed by atoms with E-state index < -0.39 is 18.1 Å². The second-order valence-electron chi connectivity index (χ2n) is 4.10. The Balaban J connectivity index is 2.31. The largest absolute Gasteiger partial charge is 0.574 e. The van der Waals surface area contributed by atoms with Crippen LogP contribution < -0.4 is 9.64 Å². The Morgan fingerprint density at radius 1 is 1.14 bits per heavy atom. The van der Waals surface area contributed by atoms with Crippen LogP contribution in [0.25, 0.3) is 0 Å². The van der Waals surface area contributed by atoms with E-state index in [1.54, 1.807) is 30.3 Å². The van der Waals surface area contributed by atoms with Gasteiger partial charge in [-0.15, -0.1) is 13.2 Å². The number of alkyl halides is 3. The average Bonchev–Trinajstić information content (AvgIpc) is 2.45. The van der Waals surface area contributed by atoms with Crippen LogP contribution in [0.1, 0.15) is 10.4 Å². The minimum atomic E-state index is -4.91. The van der Waals surface area contributed by atoms with Gasteiger partial charge in [-0.05, 0) is 24.3 Å². The minimum Gasteiger partial charge on any atom is -0.387 e. The quantitative estimate of drug-likeness (QED) is 0.873. The molecular formula is C14H11F3N2O2. The molecule has 0 atom stereocenters. The number of aromatic nitrogens is 1. The number of hydrogen-bond donors (Lipinski definition) is 0. The smallest absolute Gasteiger partial charge is 0.387 e. The summed E-state index contributed by atoms with van der Waals surface area (Å²) in [7, 11) is 1.46. The highest BCUT2D eigenvalue weighted by Gasteiger charge is 2.34. The highest BCUT2D eigenvalue weighted by molar-refractivity contribution is 6.07. The first-order valence-electron chi connectivity index (χ1n) is 5.92. The van der Waals surface area contributed by atoms with Crippen molar-refractivity contribution in [3.8, 4) is 5.88 Å².